The van der Waals surface area contributed by atoms with E-state index in [-0.39, 0.29) is 5.91 Å². The summed E-state index contributed by atoms with van der Waals surface area (Å²) in [4.78, 5) is 12.1. The van der Waals surface area contributed by atoms with Gasteiger partial charge >= 0.3 is 5.91 Å². The number of hydrogen-bond donors (Lipinski definition) is 1. The molecule has 1 aliphatic rings. The Morgan fingerprint density at radius 3 is 2.79 bits per heavy atom. The molecule has 0 atom stereocenters. The number of rotatable bonds is 2. The fraction of sp³-hybridized carbons (Fsp3) is 0.357. The lowest BCUT2D eigenvalue weighted by atomic mass is 10.2. The lowest BCUT2D eigenvalue weighted by molar-refractivity contribution is 0.0723. The number of hydrazine groups is 1. The van der Waals surface area contributed by atoms with Crippen molar-refractivity contribution in [2.45, 2.75) is 19.3 Å². The van der Waals surface area contributed by atoms with Crippen LogP contribution in [-0.2, 0) is 0 Å². The van der Waals surface area contributed by atoms with Crippen LogP contribution in [0.25, 0.3) is 11.0 Å². The number of fused-ring (bicyclic) bond motifs is 1. The summed E-state index contributed by atoms with van der Waals surface area (Å²) in [6.07, 6.45) is 3.47. The third-order valence-corrected chi connectivity index (χ3v) is 3.55. The summed E-state index contributed by atoms with van der Waals surface area (Å²) in [6, 6.07) is 7.04. The first kappa shape index (κ1) is 12.5. The highest BCUT2D eigenvalue weighted by Gasteiger charge is 2.17. The van der Waals surface area contributed by atoms with Gasteiger partial charge < -0.3 is 4.42 Å². The van der Waals surface area contributed by atoms with E-state index in [1.807, 2.05) is 5.01 Å². The smallest absolute Gasteiger partial charge is 0.301 e. The third kappa shape index (κ3) is 2.74. The van der Waals surface area contributed by atoms with Gasteiger partial charge in [0.15, 0.2) is 5.76 Å². The van der Waals surface area contributed by atoms with Crippen LogP contribution in [0.3, 0.4) is 0 Å². The van der Waals surface area contributed by atoms with E-state index in [9.17, 15) is 4.79 Å². The molecule has 1 fully saturated rings. The van der Waals surface area contributed by atoms with E-state index in [0.717, 1.165) is 31.3 Å². The van der Waals surface area contributed by atoms with Crippen molar-refractivity contribution in [3.05, 3.63) is 35.0 Å². The number of benzene rings is 1. The van der Waals surface area contributed by atoms with E-state index in [1.165, 1.54) is 6.42 Å². The van der Waals surface area contributed by atoms with Gasteiger partial charge in [0.2, 0.25) is 0 Å². The molecule has 0 radical (unpaired) electrons. The van der Waals surface area contributed by atoms with Crippen molar-refractivity contribution in [1.82, 2.24) is 10.4 Å². The number of nitrogens with zero attached hydrogens (tertiary/aromatic N) is 1. The molecule has 0 aliphatic carbocycles. The number of furan rings is 1. The molecule has 1 amide bonds. The maximum Gasteiger partial charge on any atom is 0.301 e. The van der Waals surface area contributed by atoms with Gasteiger partial charge in [-0.1, -0.05) is 18.0 Å². The van der Waals surface area contributed by atoms with Crippen LogP contribution >= 0.6 is 11.6 Å². The van der Waals surface area contributed by atoms with Crippen LogP contribution in [0, 0.1) is 0 Å². The van der Waals surface area contributed by atoms with Crippen molar-refractivity contribution in [3.8, 4) is 0 Å². The monoisotopic (exact) mass is 278 g/mol. The summed E-state index contributed by atoms with van der Waals surface area (Å²) in [5, 5.41) is 3.43. The maximum atomic E-state index is 12.1. The average molecular weight is 279 g/mol. The molecular formula is C14H15ClN2O2. The fourth-order valence-electron chi connectivity index (χ4n) is 2.33. The first-order valence-corrected chi connectivity index (χ1v) is 6.85. The molecule has 3 rings (SSSR count). The summed E-state index contributed by atoms with van der Waals surface area (Å²) < 4.78 is 5.53. The van der Waals surface area contributed by atoms with Gasteiger partial charge in [0.05, 0.1) is 0 Å². The van der Waals surface area contributed by atoms with E-state index < -0.39 is 0 Å². The van der Waals surface area contributed by atoms with Gasteiger partial charge in [-0.15, -0.1) is 0 Å². The van der Waals surface area contributed by atoms with Gasteiger partial charge in [0, 0.05) is 23.5 Å². The van der Waals surface area contributed by atoms with Gasteiger partial charge in [-0.2, -0.15) is 0 Å². The molecule has 2 aromatic rings. The highest BCUT2D eigenvalue weighted by molar-refractivity contribution is 6.31. The summed E-state index contributed by atoms with van der Waals surface area (Å²) in [6.45, 7) is 1.80. The van der Waals surface area contributed by atoms with E-state index in [2.05, 4.69) is 5.43 Å². The SMILES string of the molecule is O=C(NN1CCCCC1)c1cc2cc(Cl)ccc2o1. The number of halogens is 1. The Balaban J connectivity index is 1.77. The van der Waals surface area contributed by atoms with Crippen LogP contribution in [0.4, 0.5) is 0 Å². The molecule has 5 heteroatoms. The number of hydrogen-bond acceptors (Lipinski definition) is 3. The molecule has 1 aromatic carbocycles. The second-order valence-electron chi connectivity index (χ2n) is 4.78. The second kappa shape index (κ2) is 5.23. The van der Waals surface area contributed by atoms with Crippen molar-refractivity contribution in [3.63, 3.8) is 0 Å². The molecule has 1 aliphatic heterocycles. The van der Waals surface area contributed by atoms with Crippen LogP contribution in [-0.4, -0.2) is 24.0 Å². The van der Waals surface area contributed by atoms with Crippen LogP contribution in [0.5, 0.6) is 0 Å². The van der Waals surface area contributed by atoms with Gasteiger partial charge in [0.1, 0.15) is 5.58 Å². The Morgan fingerprint density at radius 2 is 2.00 bits per heavy atom. The summed E-state index contributed by atoms with van der Waals surface area (Å²) in [7, 11) is 0. The van der Waals surface area contributed by atoms with Crippen LogP contribution < -0.4 is 5.43 Å². The second-order valence-corrected chi connectivity index (χ2v) is 5.22. The molecule has 0 saturated carbocycles. The predicted molar refractivity (Wildman–Crippen MR) is 74.1 cm³/mol. The van der Waals surface area contributed by atoms with E-state index in [1.54, 1.807) is 24.3 Å². The Hall–Kier alpha value is -1.52. The van der Waals surface area contributed by atoms with Gasteiger partial charge in [-0.3, -0.25) is 10.2 Å². The molecule has 100 valence electrons. The van der Waals surface area contributed by atoms with Gasteiger partial charge in [-0.05, 0) is 37.1 Å². The van der Waals surface area contributed by atoms with E-state index in [0.29, 0.717) is 16.4 Å². The van der Waals surface area contributed by atoms with Crippen LogP contribution in [0.2, 0.25) is 5.02 Å². The van der Waals surface area contributed by atoms with E-state index >= 15 is 0 Å². The molecule has 0 unspecified atom stereocenters. The Morgan fingerprint density at radius 1 is 1.21 bits per heavy atom. The van der Waals surface area contributed by atoms with Gasteiger partial charge in [-0.25, -0.2) is 5.01 Å². The van der Waals surface area contributed by atoms with Gasteiger partial charge in [0.25, 0.3) is 0 Å². The lowest BCUT2D eigenvalue weighted by Gasteiger charge is -2.26. The molecule has 1 N–H and O–H groups in total. The van der Waals surface area contributed by atoms with Crippen molar-refractivity contribution in [2.75, 3.05) is 13.1 Å². The van der Waals surface area contributed by atoms with Crippen LogP contribution in [0.1, 0.15) is 29.8 Å². The Labute approximate surface area is 116 Å². The first-order valence-electron chi connectivity index (χ1n) is 6.47. The summed E-state index contributed by atoms with van der Waals surface area (Å²) in [5.74, 6) is 0.122. The largest absolute Gasteiger partial charge is 0.451 e. The zero-order valence-electron chi connectivity index (χ0n) is 10.5. The maximum absolute atomic E-state index is 12.1. The number of carbonyl (C=O) groups excluding carboxylic acids is 1. The topological polar surface area (TPSA) is 45.5 Å². The van der Waals surface area contributed by atoms with Crippen LogP contribution in [0.15, 0.2) is 28.7 Å². The van der Waals surface area contributed by atoms with Crippen molar-refractivity contribution >= 4 is 28.5 Å². The minimum Gasteiger partial charge on any atom is -0.451 e. The van der Waals surface area contributed by atoms with Crippen molar-refractivity contribution in [1.29, 1.82) is 0 Å². The number of amides is 1. The standard InChI is InChI=1S/C14H15ClN2O2/c15-11-4-5-12-10(8-11)9-13(19-12)14(18)16-17-6-2-1-3-7-17/h4-5,8-9H,1-3,6-7H2,(H,16,18). The highest BCUT2D eigenvalue weighted by atomic mass is 35.5. The molecule has 19 heavy (non-hydrogen) atoms. The fourth-order valence-corrected chi connectivity index (χ4v) is 2.51. The minimum atomic E-state index is -0.200. The molecule has 0 spiro atoms. The predicted octanol–water partition coefficient (Wildman–Crippen LogP) is 3.22. The van der Waals surface area contributed by atoms with E-state index in [4.69, 9.17) is 16.0 Å². The lowest BCUT2D eigenvalue weighted by Crippen LogP contribution is -2.44. The first-order chi connectivity index (χ1) is 9.22. The molecule has 1 aromatic heterocycles. The normalized spacial score (nSPS) is 16.7. The summed E-state index contributed by atoms with van der Waals surface area (Å²) in [5.41, 5.74) is 3.55. The molecule has 2 heterocycles. The van der Waals surface area contributed by atoms with Crippen molar-refractivity contribution < 1.29 is 9.21 Å². The number of nitrogens with one attached hydrogen (secondary N) is 1. The zero-order chi connectivity index (χ0) is 13.2. The number of carbonyl (C=O) groups is 1. The molecular weight excluding hydrogens is 264 g/mol. The van der Waals surface area contributed by atoms with Crippen molar-refractivity contribution in [2.24, 2.45) is 0 Å². The highest BCUT2D eigenvalue weighted by Crippen LogP contribution is 2.23. The average Bonchev–Trinajstić information content (AvgIpc) is 2.83. The quantitative estimate of drug-likeness (QED) is 0.917. The molecule has 0 bridgehead atoms. The number of piperidine rings is 1. The molecule has 1 saturated heterocycles. The molecule has 4 nitrogen and oxygen atoms in total. The third-order valence-electron chi connectivity index (χ3n) is 3.32. The zero-order valence-corrected chi connectivity index (χ0v) is 11.2. The Bertz CT molecular complexity index is 603. The summed E-state index contributed by atoms with van der Waals surface area (Å²) >= 11 is 5.91. The Kier molecular flexibility index (Phi) is 3.44. The minimum absolute atomic E-state index is 0.200.